The van der Waals surface area contributed by atoms with Gasteiger partial charge in [0.1, 0.15) is 10.6 Å². The Morgan fingerprint density at radius 3 is 2.33 bits per heavy atom. The molecule has 0 aliphatic heterocycles. The SMILES string of the molecule is Cc1noc(C)c1S(=O)(=O)NCC(=O)Nc1ccc(C(C)C)cc1. The zero-order valence-electron chi connectivity index (χ0n) is 14.1. The van der Waals surface area contributed by atoms with E-state index in [1.807, 2.05) is 12.1 Å². The Balaban J connectivity index is 1.98. The van der Waals surface area contributed by atoms with Crippen molar-refractivity contribution in [3.05, 3.63) is 41.3 Å². The van der Waals surface area contributed by atoms with Crippen molar-refractivity contribution in [2.45, 2.75) is 38.5 Å². The molecule has 1 heterocycles. The molecule has 8 heteroatoms. The van der Waals surface area contributed by atoms with Crippen molar-refractivity contribution < 1.29 is 17.7 Å². The third-order valence-electron chi connectivity index (χ3n) is 3.52. The van der Waals surface area contributed by atoms with Gasteiger partial charge in [0.15, 0.2) is 5.76 Å². The molecule has 1 amide bonds. The molecule has 130 valence electrons. The summed E-state index contributed by atoms with van der Waals surface area (Å²) >= 11 is 0. The minimum atomic E-state index is -3.85. The van der Waals surface area contributed by atoms with Gasteiger partial charge in [0.2, 0.25) is 15.9 Å². The Labute approximate surface area is 141 Å². The second-order valence-corrected chi connectivity index (χ2v) is 7.51. The fraction of sp³-hybridized carbons (Fsp3) is 0.375. The normalized spacial score (nSPS) is 11.7. The van der Waals surface area contributed by atoms with E-state index in [4.69, 9.17) is 4.52 Å². The monoisotopic (exact) mass is 351 g/mol. The maximum atomic E-state index is 12.2. The maximum absolute atomic E-state index is 12.2. The van der Waals surface area contributed by atoms with Crippen molar-refractivity contribution in [1.29, 1.82) is 0 Å². The quantitative estimate of drug-likeness (QED) is 0.832. The second-order valence-electron chi connectivity index (χ2n) is 5.80. The van der Waals surface area contributed by atoms with Crippen LogP contribution < -0.4 is 10.0 Å². The Hall–Kier alpha value is -2.19. The molecular formula is C16H21N3O4S. The fourth-order valence-corrected chi connectivity index (χ4v) is 3.55. The molecule has 0 atom stereocenters. The maximum Gasteiger partial charge on any atom is 0.246 e. The van der Waals surface area contributed by atoms with Gasteiger partial charge in [0.25, 0.3) is 0 Å². The van der Waals surface area contributed by atoms with Gasteiger partial charge in [-0.25, -0.2) is 13.1 Å². The molecule has 0 aliphatic rings. The highest BCUT2D eigenvalue weighted by Crippen LogP contribution is 2.19. The summed E-state index contributed by atoms with van der Waals surface area (Å²) in [5.74, 6) is 0.129. The minimum Gasteiger partial charge on any atom is -0.360 e. The summed E-state index contributed by atoms with van der Waals surface area (Å²) in [7, 11) is -3.85. The first kappa shape index (κ1) is 18.2. The lowest BCUT2D eigenvalue weighted by molar-refractivity contribution is -0.115. The van der Waals surface area contributed by atoms with Crippen LogP contribution >= 0.6 is 0 Å². The number of rotatable bonds is 6. The smallest absolute Gasteiger partial charge is 0.246 e. The molecule has 2 N–H and O–H groups in total. The number of sulfonamides is 1. The largest absolute Gasteiger partial charge is 0.360 e. The first-order valence-corrected chi connectivity index (χ1v) is 9.01. The molecule has 0 fully saturated rings. The van der Waals surface area contributed by atoms with Gasteiger partial charge in [-0.05, 0) is 37.5 Å². The zero-order chi connectivity index (χ0) is 17.9. The molecule has 0 saturated heterocycles. The molecule has 0 saturated carbocycles. The van der Waals surface area contributed by atoms with Crippen LogP contribution in [0.4, 0.5) is 5.69 Å². The Bertz CT molecular complexity index is 804. The molecule has 2 rings (SSSR count). The number of nitrogens with one attached hydrogen (secondary N) is 2. The fourth-order valence-electron chi connectivity index (χ4n) is 2.25. The number of amides is 1. The number of carbonyl (C=O) groups excluding carboxylic acids is 1. The molecule has 0 aliphatic carbocycles. The summed E-state index contributed by atoms with van der Waals surface area (Å²) in [6.45, 7) is 6.82. The van der Waals surface area contributed by atoms with Crippen LogP contribution in [0.1, 0.15) is 36.8 Å². The Morgan fingerprint density at radius 2 is 1.83 bits per heavy atom. The molecule has 0 bridgehead atoms. The molecule has 7 nitrogen and oxygen atoms in total. The first-order chi connectivity index (χ1) is 11.2. The van der Waals surface area contributed by atoms with Gasteiger partial charge in [0, 0.05) is 5.69 Å². The van der Waals surface area contributed by atoms with E-state index in [0.717, 1.165) is 5.56 Å². The van der Waals surface area contributed by atoms with E-state index in [9.17, 15) is 13.2 Å². The Kier molecular flexibility index (Phi) is 5.40. The minimum absolute atomic E-state index is 0.0309. The van der Waals surface area contributed by atoms with Gasteiger partial charge in [0.05, 0.1) is 6.54 Å². The molecule has 0 radical (unpaired) electrons. The van der Waals surface area contributed by atoms with Crippen molar-refractivity contribution in [1.82, 2.24) is 9.88 Å². The highest BCUT2D eigenvalue weighted by atomic mass is 32.2. The van der Waals surface area contributed by atoms with Crippen molar-refractivity contribution in [2.24, 2.45) is 0 Å². The van der Waals surface area contributed by atoms with Crippen molar-refractivity contribution >= 4 is 21.6 Å². The van der Waals surface area contributed by atoms with Crippen LogP contribution in [-0.4, -0.2) is 26.0 Å². The lowest BCUT2D eigenvalue weighted by Crippen LogP contribution is -2.33. The van der Waals surface area contributed by atoms with Crippen molar-refractivity contribution in [3.8, 4) is 0 Å². The molecular weight excluding hydrogens is 330 g/mol. The number of carbonyl (C=O) groups is 1. The lowest BCUT2D eigenvalue weighted by atomic mass is 10.0. The summed E-state index contributed by atoms with van der Waals surface area (Å²) in [5.41, 5.74) is 2.03. The van der Waals surface area contributed by atoms with E-state index in [1.165, 1.54) is 13.8 Å². The average molecular weight is 351 g/mol. The highest BCUT2D eigenvalue weighted by molar-refractivity contribution is 7.89. The van der Waals surface area contributed by atoms with E-state index >= 15 is 0 Å². The topological polar surface area (TPSA) is 101 Å². The average Bonchev–Trinajstić information content (AvgIpc) is 2.85. The molecule has 2 aromatic rings. The van der Waals surface area contributed by atoms with E-state index in [1.54, 1.807) is 12.1 Å². The Morgan fingerprint density at radius 1 is 1.21 bits per heavy atom. The molecule has 24 heavy (non-hydrogen) atoms. The predicted molar refractivity (Wildman–Crippen MR) is 90.3 cm³/mol. The summed E-state index contributed by atoms with van der Waals surface area (Å²) in [5, 5.41) is 6.26. The zero-order valence-corrected chi connectivity index (χ0v) is 14.9. The van der Waals surface area contributed by atoms with Gasteiger partial charge in [-0.2, -0.15) is 0 Å². The molecule has 0 spiro atoms. The van der Waals surface area contributed by atoms with E-state index in [0.29, 0.717) is 11.6 Å². The van der Waals surface area contributed by atoms with Gasteiger partial charge < -0.3 is 9.84 Å². The number of aryl methyl sites for hydroxylation is 2. The number of nitrogens with zero attached hydrogens (tertiary/aromatic N) is 1. The summed E-state index contributed by atoms with van der Waals surface area (Å²) in [6, 6.07) is 7.43. The van der Waals surface area contributed by atoms with E-state index < -0.39 is 15.9 Å². The summed E-state index contributed by atoms with van der Waals surface area (Å²) < 4.78 is 31.5. The number of hydrogen-bond acceptors (Lipinski definition) is 5. The number of aromatic nitrogens is 1. The summed E-state index contributed by atoms with van der Waals surface area (Å²) in [6.07, 6.45) is 0. The van der Waals surface area contributed by atoms with Crippen LogP contribution in [-0.2, 0) is 14.8 Å². The third kappa shape index (κ3) is 4.21. The molecule has 1 aromatic heterocycles. The van der Waals surface area contributed by atoms with Crippen LogP contribution in [0.15, 0.2) is 33.7 Å². The van der Waals surface area contributed by atoms with Gasteiger partial charge >= 0.3 is 0 Å². The second kappa shape index (κ2) is 7.14. The van der Waals surface area contributed by atoms with Crippen molar-refractivity contribution in [3.63, 3.8) is 0 Å². The van der Waals surface area contributed by atoms with E-state index in [-0.39, 0.29) is 22.9 Å². The van der Waals surface area contributed by atoms with Crippen LogP contribution in [0.2, 0.25) is 0 Å². The third-order valence-corrected chi connectivity index (χ3v) is 5.17. The molecule has 1 aromatic carbocycles. The van der Waals surface area contributed by atoms with Crippen molar-refractivity contribution in [2.75, 3.05) is 11.9 Å². The standard InChI is InChI=1S/C16H21N3O4S/c1-10(2)13-5-7-14(8-6-13)18-15(20)9-17-24(21,22)16-11(3)19-23-12(16)4/h5-8,10,17H,9H2,1-4H3,(H,18,20). The van der Waals surface area contributed by atoms with Crippen LogP contribution in [0, 0.1) is 13.8 Å². The first-order valence-electron chi connectivity index (χ1n) is 7.53. The number of anilines is 1. The van der Waals surface area contributed by atoms with Gasteiger partial charge in [-0.1, -0.05) is 31.1 Å². The summed E-state index contributed by atoms with van der Waals surface area (Å²) in [4.78, 5) is 11.9. The van der Waals surface area contributed by atoms with Crippen LogP contribution in [0.3, 0.4) is 0 Å². The van der Waals surface area contributed by atoms with Gasteiger partial charge in [-0.3, -0.25) is 4.79 Å². The number of benzene rings is 1. The molecule has 0 unspecified atom stereocenters. The lowest BCUT2D eigenvalue weighted by Gasteiger charge is -2.09. The van der Waals surface area contributed by atoms with Crippen LogP contribution in [0.5, 0.6) is 0 Å². The van der Waals surface area contributed by atoms with Gasteiger partial charge in [-0.15, -0.1) is 0 Å². The highest BCUT2D eigenvalue weighted by Gasteiger charge is 2.24. The van der Waals surface area contributed by atoms with E-state index in [2.05, 4.69) is 29.0 Å². The predicted octanol–water partition coefficient (Wildman–Crippen LogP) is 2.33. The van der Waals surface area contributed by atoms with Crippen LogP contribution in [0.25, 0.3) is 0 Å². The number of hydrogen-bond donors (Lipinski definition) is 2.